The van der Waals surface area contributed by atoms with Crippen LogP contribution in [0.1, 0.15) is 18.5 Å². The van der Waals surface area contributed by atoms with Gasteiger partial charge in [0.2, 0.25) is 5.91 Å². The molecule has 7 heteroatoms. The van der Waals surface area contributed by atoms with Gasteiger partial charge in [0.15, 0.2) is 11.0 Å². The van der Waals surface area contributed by atoms with Crippen LogP contribution >= 0.6 is 23.1 Å². The molecule has 0 fully saturated rings. The number of aromatic nitrogens is 3. The molecule has 0 saturated carbocycles. The number of carbonyl (C=O) groups is 1. The number of benzene rings is 2. The molecule has 1 amide bonds. The van der Waals surface area contributed by atoms with Gasteiger partial charge in [0.05, 0.1) is 16.7 Å². The highest BCUT2D eigenvalue weighted by Gasteiger charge is 2.18. The minimum atomic E-state index is -0.0435. The van der Waals surface area contributed by atoms with Gasteiger partial charge >= 0.3 is 0 Å². The van der Waals surface area contributed by atoms with Crippen molar-refractivity contribution in [1.29, 1.82) is 0 Å². The van der Waals surface area contributed by atoms with Crippen LogP contribution in [0.4, 0.5) is 0 Å². The fraction of sp³-hybridized carbons (Fsp3) is 0.136. The van der Waals surface area contributed by atoms with Crippen LogP contribution in [0.2, 0.25) is 0 Å². The van der Waals surface area contributed by atoms with Gasteiger partial charge in [0, 0.05) is 5.69 Å². The van der Waals surface area contributed by atoms with E-state index in [0.717, 1.165) is 22.0 Å². The van der Waals surface area contributed by atoms with E-state index in [-0.39, 0.29) is 17.7 Å². The van der Waals surface area contributed by atoms with Crippen molar-refractivity contribution in [2.75, 3.05) is 5.75 Å². The summed E-state index contributed by atoms with van der Waals surface area (Å²) in [6.45, 7) is 1.99. The number of thioether (sulfide) groups is 1. The van der Waals surface area contributed by atoms with E-state index >= 15 is 0 Å². The molecule has 0 radical (unpaired) electrons. The van der Waals surface area contributed by atoms with E-state index in [1.54, 1.807) is 11.3 Å². The van der Waals surface area contributed by atoms with E-state index in [9.17, 15) is 4.79 Å². The first-order valence-corrected chi connectivity index (χ1v) is 11.1. The Hall–Kier alpha value is -2.90. The summed E-state index contributed by atoms with van der Waals surface area (Å²) in [4.78, 5) is 13.5. The molecule has 0 spiro atoms. The molecule has 1 unspecified atom stereocenters. The molecule has 29 heavy (non-hydrogen) atoms. The normalized spacial score (nSPS) is 11.9. The first-order valence-electron chi connectivity index (χ1n) is 9.24. The summed E-state index contributed by atoms with van der Waals surface area (Å²) in [5.74, 6) is 1.02. The van der Waals surface area contributed by atoms with Crippen LogP contribution in [-0.4, -0.2) is 26.4 Å². The fourth-order valence-electron chi connectivity index (χ4n) is 2.98. The molecule has 0 aliphatic heterocycles. The lowest BCUT2D eigenvalue weighted by Crippen LogP contribution is -2.28. The second-order valence-electron chi connectivity index (χ2n) is 6.44. The standard InChI is InChI=1S/C22H20N4OS2/c1-16(17-9-4-2-5-10-17)23-20(27)15-29-22-25-24-21(19-13-8-14-28-19)26(22)18-11-6-3-7-12-18/h2-14,16H,15H2,1H3,(H,23,27). The summed E-state index contributed by atoms with van der Waals surface area (Å²) in [5.41, 5.74) is 2.06. The Morgan fingerprint density at radius 1 is 1.03 bits per heavy atom. The predicted molar refractivity (Wildman–Crippen MR) is 118 cm³/mol. The summed E-state index contributed by atoms with van der Waals surface area (Å²) in [7, 11) is 0. The third-order valence-electron chi connectivity index (χ3n) is 4.40. The van der Waals surface area contributed by atoms with Gasteiger partial charge in [-0.15, -0.1) is 21.5 Å². The minimum Gasteiger partial charge on any atom is -0.349 e. The highest BCUT2D eigenvalue weighted by atomic mass is 32.2. The minimum absolute atomic E-state index is 0.0355. The largest absolute Gasteiger partial charge is 0.349 e. The maximum Gasteiger partial charge on any atom is 0.230 e. The average Bonchev–Trinajstić information content (AvgIpc) is 3.43. The molecule has 0 bridgehead atoms. The highest BCUT2D eigenvalue weighted by molar-refractivity contribution is 7.99. The monoisotopic (exact) mass is 420 g/mol. The zero-order chi connectivity index (χ0) is 20.1. The highest BCUT2D eigenvalue weighted by Crippen LogP contribution is 2.30. The van der Waals surface area contributed by atoms with Crippen LogP contribution in [0.5, 0.6) is 0 Å². The van der Waals surface area contributed by atoms with Crippen LogP contribution < -0.4 is 5.32 Å². The zero-order valence-corrected chi connectivity index (χ0v) is 17.5. The van der Waals surface area contributed by atoms with Crippen molar-refractivity contribution in [2.24, 2.45) is 0 Å². The number of rotatable bonds is 7. The summed E-state index contributed by atoms with van der Waals surface area (Å²) in [6, 6.07) is 23.9. The Morgan fingerprint density at radius 2 is 1.76 bits per heavy atom. The number of hydrogen-bond donors (Lipinski definition) is 1. The molecule has 1 N–H and O–H groups in total. The van der Waals surface area contributed by atoms with Crippen LogP contribution in [0.3, 0.4) is 0 Å². The Bertz CT molecular complexity index is 1060. The lowest BCUT2D eigenvalue weighted by molar-refractivity contribution is -0.119. The number of hydrogen-bond acceptors (Lipinski definition) is 5. The molecule has 2 aromatic carbocycles. The van der Waals surface area contributed by atoms with Gasteiger partial charge in [0.1, 0.15) is 0 Å². The SMILES string of the molecule is CC(NC(=O)CSc1nnc(-c2cccs2)n1-c1ccccc1)c1ccccc1. The first kappa shape index (κ1) is 19.4. The van der Waals surface area contributed by atoms with E-state index < -0.39 is 0 Å². The number of nitrogens with one attached hydrogen (secondary N) is 1. The third-order valence-corrected chi connectivity index (χ3v) is 6.19. The van der Waals surface area contributed by atoms with E-state index in [1.807, 2.05) is 89.7 Å². The Kier molecular flexibility index (Phi) is 6.07. The summed E-state index contributed by atoms with van der Waals surface area (Å²) in [6.07, 6.45) is 0. The third kappa shape index (κ3) is 4.58. The van der Waals surface area contributed by atoms with Gasteiger partial charge in [-0.1, -0.05) is 66.4 Å². The lowest BCUT2D eigenvalue weighted by atomic mass is 10.1. The quantitative estimate of drug-likeness (QED) is 0.429. The summed E-state index contributed by atoms with van der Waals surface area (Å²) < 4.78 is 2.00. The Morgan fingerprint density at radius 3 is 2.45 bits per heavy atom. The van der Waals surface area contributed by atoms with Gasteiger partial charge in [-0.25, -0.2) is 0 Å². The zero-order valence-electron chi connectivity index (χ0n) is 15.9. The molecule has 2 aromatic heterocycles. The predicted octanol–water partition coefficient (Wildman–Crippen LogP) is 4.97. The van der Waals surface area contributed by atoms with Gasteiger partial charge in [0.25, 0.3) is 0 Å². The smallest absolute Gasteiger partial charge is 0.230 e. The van der Waals surface area contributed by atoms with E-state index in [1.165, 1.54) is 11.8 Å². The molecule has 2 heterocycles. The van der Waals surface area contributed by atoms with Gasteiger partial charge in [-0.3, -0.25) is 9.36 Å². The number of nitrogens with zero attached hydrogens (tertiary/aromatic N) is 3. The molecule has 4 rings (SSSR count). The molecular formula is C22H20N4OS2. The lowest BCUT2D eigenvalue weighted by Gasteiger charge is -2.14. The van der Waals surface area contributed by atoms with E-state index in [0.29, 0.717) is 5.16 Å². The maximum atomic E-state index is 12.5. The first-order chi connectivity index (χ1) is 14.2. The molecule has 0 saturated heterocycles. The average molecular weight is 421 g/mol. The molecule has 5 nitrogen and oxygen atoms in total. The van der Waals surface area contributed by atoms with E-state index in [2.05, 4.69) is 15.5 Å². The summed E-state index contributed by atoms with van der Waals surface area (Å²) in [5, 5.41) is 14.5. The topological polar surface area (TPSA) is 59.8 Å². The molecule has 4 aromatic rings. The van der Waals surface area contributed by atoms with Crippen molar-refractivity contribution >= 4 is 29.0 Å². The summed E-state index contributed by atoms with van der Waals surface area (Å²) >= 11 is 3.00. The van der Waals surface area contributed by atoms with Crippen LogP contribution in [-0.2, 0) is 4.79 Å². The number of amides is 1. The molecule has 0 aliphatic rings. The molecule has 0 aliphatic carbocycles. The maximum absolute atomic E-state index is 12.5. The van der Waals surface area contributed by atoms with Gasteiger partial charge < -0.3 is 5.32 Å². The van der Waals surface area contributed by atoms with Gasteiger partial charge in [-0.2, -0.15) is 0 Å². The second-order valence-corrected chi connectivity index (χ2v) is 8.33. The van der Waals surface area contributed by atoms with Crippen molar-refractivity contribution in [3.05, 3.63) is 83.7 Å². The van der Waals surface area contributed by atoms with Crippen LogP contribution in [0.25, 0.3) is 16.4 Å². The van der Waals surface area contributed by atoms with Crippen molar-refractivity contribution in [1.82, 2.24) is 20.1 Å². The van der Waals surface area contributed by atoms with Crippen molar-refractivity contribution < 1.29 is 4.79 Å². The van der Waals surface area contributed by atoms with Gasteiger partial charge in [-0.05, 0) is 36.1 Å². The van der Waals surface area contributed by atoms with Crippen LogP contribution in [0, 0.1) is 0 Å². The van der Waals surface area contributed by atoms with Crippen molar-refractivity contribution in [3.63, 3.8) is 0 Å². The number of thiophene rings is 1. The van der Waals surface area contributed by atoms with Crippen LogP contribution in [0.15, 0.2) is 83.3 Å². The van der Waals surface area contributed by atoms with Crippen molar-refractivity contribution in [3.8, 4) is 16.4 Å². The van der Waals surface area contributed by atoms with E-state index in [4.69, 9.17) is 0 Å². The molecule has 1 atom stereocenters. The Balaban J connectivity index is 1.51. The second kappa shape index (κ2) is 9.07. The Labute approximate surface area is 177 Å². The molecule has 146 valence electrons. The van der Waals surface area contributed by atoms with Crippen molar-refractivity contribution in [2.45, 2.75) is 18.1 Å². The fourth-order valence-corrected chi connectivity index (χ4v) is 4.44. The number of para-hydroxylation sites is 1. The number of carbonyl (C=O) groups excluding carboxylic acids is 1. The molecular weight excluding hydrogens is 400 g/mol.